The number of hydrogen-bond acceptors (Lipinski definition) is 1. The van der Waals surface area contributed by atoms with Crippen LogP contribution in [0.4, 0.5) is 0 Å². The van der Waals surface area contributed by atoms with E-state index in [-0.39, 0.29) is 0 Å². The summed E-state index contributed by atoms with van der Waals surface area (Å²) in [5, 5.41) is 10.7. The molecule has 0 N–H and O–H groups in total. The maximum Gasteiger partial charge on any atom is 0.0726 e. The van der Waals surface area contributed by atoms with Gasteiger partial charge < -0.3 is 4.57 Å². The standard InChI is InChI=1S/C32H19NS/c1-2-11-21(12-3-1)33-26-19-18-20-10-4-5-13-22(20)29(26)30-24-15-7-6-14-23(24)28-25-16-8-9-17-27(25)34-32(28)31(30)33/h1-19H. The first kappa shape index (κ1) is 18.3. The number of rotatable bonds is 1. The van der Waals surface area contributed by atoms with Crippen LogP contribution in [0.15, 0.2) is 115 Å². The van der Waals surface area contributed by atoms with E-state index < -0.39 is 0 Å². The Morgan fingerprint density at radius 1 is 0.471 bits per heavy atom. The van der Waals surface area contributed by atoms with Crippen molar-refractivity contribution in [2.45, 2.75) is 0 Å². The lowest BCUT2D eigenvalue weighted by molar-refractivity contribution is 1.19. The van der Waals surface area contributed by atoms with E-state index in [0.717, 1.165) is 0 Å². The van der Waals surface area contributed by atoms with Crippen molar-refractivity contribution in [2.75, 3.05) is 0 Å². The Morgan fingerprint density at radius 3 is 1.94 bits per heavy atom. The molecule has 8 rings (SSSR count). The Kier molecular flexibility index (Phi) is 3.60. The summed E-state index contributed by atoms with van der Waals surface area (Å²) in [6.45, 7) is 0. The van der Waals surface area contributed by atoms with Gasteiger partial charge in [0.25, 0.3) is 0 Å². The highest BCUT2D eigenvalue weighted by Gasteiger charge is 2.22. The quantitative estimate of drug-likeness (QED) is 0.235. The van der Waals surface area contributed by atoms with E-state index in [2.05, 4.69) is 120 Å². The van der Waals surface area contributed by atoms with Crippen LogP contribution >= 0.6 is 11.3 Å². The molecule has 158 valence electrons. The molecule has 0 fully saturated rings. The summed E-state index contributed by atoms with van der Waals surface area (Å²) in [4.78, 5) is 0. The summed E-state index contributed by atoms with van der Waals surface area (Å²) >= 11 is 1.91. The Morgan fingerprint density at radius 2 is 1.12 bits per heavy atom. The molecule has 0 radical (unpaired) electrons. The first-order valence-electron chi connectivity index (χ1n) is 11.6. The fraction of sp³-hybridized carbons (Fsp3) is 0. The van der Waals surface area contributed by atoms with E-state index in [1.54, 1.807) is 0 Å². The fourth-order valence-electron chi connectivity index (χ4n) is 5.78. The van der Waals surface area contributed by atoms with Crippen LogP contribution in [0, 0.1) is 0 Å². The number of benzene rings is 6. The maximum absolute atomic E-state index is 2.49. The Bertz CT molecular complexity index is 2060. The SMILES string of the molecule is c1ccc(-n2c3ccc4ccccc4c3c3c4ccccc4c4c5ccccc5sc4c32)cc1. The van der Waals surface area contributed by atoms with Crippen molar-refractivity contribution < 1.29 is 0 Å². The van der Waals surface area contributed by atoms with Gasteiger partial charge in [0.1, 0.15) is 0 Å². The molecule has 34 heavy (non-hydrogen) atoms. The van der Waals surface area contributed by atoms with Gasteiger partial charge in [-0.3, -0.25) is 0 Å². The average molecular weight is 450 g/mol. The van der Waals surface area contributed by atoms with Gasteiger partial charge in [-0.2, -0.15) is 0 Å². The zero-order valence-electron chi connectivity index (χ0n) is 18.3. The molecule has 2 heterocycles. The monoisotopic (exact) mass is 449 g/mol. The second-order valence-corrected chi connectivity index (χ2v) is 9.98. The number of aromatic nitrogens is 1. The maximum atomic E-state index is 2.49. The van der Waals surface area contributed by atoms with Gasteiger partial charge in [-0.25, -0.2) is 0 Å². The second kappa shape index (κ2) is 6.69. The zero-order chi connectivity index (χ0) is 22.2. The van der Waals surface area contributed by atoms with Gasteiger partial charge in [-0.15, -0.1) is 11.3 Å². The van der Waals surface area contributed by atoms with E-state index >= 15 is 0 Å². The van der Waals surface area contributed by atoms with Crippen molar-refractivity contribution in [3.63, 3.8) is 0 Å². The summed E-state index contributed by atoms with van der Waals surface area (Å²) in [6, 6.07) is 42.0. The number of hydrogen-bond donors (Lipinski definition) is 0. The molecule has 6 aromatic carbocycles. The van der Waals surface area contributed by atoms with Gasteiger partial charge in [0, 0.05) is 31.9 Å². The number of para-hydroxylation sites is 1. The van der Waals surface area contributed by atoms with Gasteiger partial charge >= 0.3 is 0 Å². The Balaban J connectivity index is 1.80. The Hall–Kier alpha value is -4.14. The van der Waals surface area contributed by atoms with Crippen LogP contribution in [0.25, 0.3) is 69.2 Å². The molecule has 8 aromatic rings. The third-order valence-electron chi connectivity index (χ3n) is 7.15. The highest BCUT2D eigenvalue weighted by Crippen LogP contribution is 2.48. The molecule has 0 amide bonds. The molecule has 0 spiro atoms. The lowest BCUT2D eigenvalue weighted by Crippen LogP contribution is -1.93. The summed E-state index contributed by atoms with van der Waals surface area (Å²) < 4.78 is 5.19. The van der Waals surface area contributed by atoms with Crippen LogP contribution in [0.1, 0.15) is 0 Å². The Labute approximate surface area is 200 Å². The largest absolute Gasteiger partial charge is 0.308 e. The summed E-state index contributed by atoms with van der Waals surface area (Å²) in [7, 11) is 0. The number of fused-ring (bicyclic) bond motifs is 12. The highest BCUT2D eigenvalue weighted by molar-refractivity contribution is 7.27. The molecule has 2 aromatic heterocycles. The van der Waals surface area contributed by atoms with Crippen molar-refractivity contribution in [3.8, 4) is 5.69 Å². The summed E-state index contributed by atoms with van der Waals surface area (Å²) in [5.74, 6) is 0. The van der Waals surface area contributed by atoms with Gasteiger partial charge in [-0.05, 0) is 45.8 Å². The number of nitrogens with zero attached hydrogens (tertiary/aromatic N) is 1. The molecule has 0 saturated heterocycles. The molecular weight excluding hydrogens is 430 g/mol. The highest BCUT2D eigenvalue weighted by atomic mass is 32.1. The third kappa shape index (κ3) is 2.28. The van der Waals surface area contributed by atoms with Crippen LogP contribution < -0.4 is 0 Å². The fourth-order valence-corrected chi connectivity index (χ4v) is 7.04. The van der Waals surface area contributed by atoms with Gasteiger partial charge in [0.15, 0.2) is 0 Å². The van der Waals surface area contributed by atoms with Crippen molar-refractivity contribution in [2.24, 2.45) is 0 Å². The van der Waals surface area contributed by atoms with Crippen molar-refractivity contribution in [1.82, 2.24) is 4.57 Å². The van der Waals surface area contributed by atoms with E-state index in [4.69, 9.17) is 0 Å². The predicted octanol–water partition coefficient (Wildman–Crippen LogP) is 9.46. The minimum atomic E-state index is 1.20. The molecule has 0 saturated carbocycles. The van der Waals surface area contributed by atoms with Crippen LogP contribution in [-0.4, -0.2) is 4.57 Å². The van der Waals surface area contributed by atoms with Gasteiger partial charge in [0.05, 0.1) is 15.7 Å². The van der Waals surface area contributed by atoms with E-state index in [9.17, 15) is 0 Å². The minimum absolute atomic E-state index is 1.20. The van der Waals surface area contributed by atoms with Crippen LogP contribution in [0.3, 0.4) is 0 Å². The van der Waals surface area contributed by atoms with Crippen molar-refractivity contribution >= 4 is 74.9 Å². The summed E-state index contributed by atoms with van der Waals surface area (Å²) in [5.41, 5.74) is 3.77. The molecule has 0 aliphatic rings. The zero-order valence-corrected chi connectivity index (χ0v) is 19.1. The molecule has 2 heteroatoms. The smallest absolute Gasteiger partial charge is 0.0726 e. The van der Waals surface area contributed by atoms with Gasteiger partial charge in [0.2, 0.25) is 0 Å². The molecule has 0 aliphatic carbocycles. The van der Waals surface area contributed by atoms with E-state index in [1.165, 1.54) is 69.2 Å². The first-order chi connectivity index (χ1) is 16.9. The normalized spacial score (nSPS) is 12.1. The molecular formula is C32H19NS. The molecule has 0 atom stereocenters. The van der Waals surface area contributed by atoms with Crippen LogP contribution in [-0.2, 0) is 0 Å². The van der Waals surface area contributed by atoms with E-state index in [1.807, 2.05) is 11.3 Å². The average Bonchev–Trinajstić information content (AvgIpc) is 3.46. The first-order valence-corrected chi connectivity index (χ1v) is 12.4. The van der Waals surface area contributed by atoms with Gasteiger partial charge in [-0.1, -0.05) is 91.0 Å². The predicted molar refractivity (Wildman–Crippen MR) is 149 cm³/mol. The van der Waals surface area contributed by atoms with Crippen molar-refractivity contribution in [3.05, 3.63) is 115 Å². The topological polar surface area (TPSA) is 4.93 Å². The lowest BCUT2D eigenvalue weighted by atomic mass is 9.97. The molecule has 0 bridgehead atoms. The van der Waals surface area contributed by atoms with E-state index in [0.29, 0.717) is 0 Å². The molecule has 0 unspecified atom stereocenters. The molecule has 0 aliphatic heterocycles. The van der Waals surface area contributed by atoms with Crippen molar-refractivity contribution in [1.29, 1.82) is 0 Å². The number of thiophene rings is 1. The molecule has 1 nitrogen and oxygen atoms in total. The van der Waals surface area contributed by atoms with Crippen LogP contribution in [0.5, 0.6) is 0 Å². The lowest BCUT2D eigenvalue weighted by Gasteiger charge is -2.10. The summed E-state index contributed by atoms with van der Waals surface area (Å²) in [6.07, 6.45) is 0. The minimum Gasteiger partial charge on any atom is -0.308 e. The third-order valence-corrected chi connectivity index (χ3v) is 8.33. The second-order valence-electron chi connectivity index (χ2n) is 8.92. The van der Waals surface area contributed by atoms with Crippen LogP contribution in [0.2, 0.25) is 0 Å².